The van der Waals surface area contributed by atoms with Gasteiger partial charge < -0.3 is 10.1 Å². The number of ether oxygens (including phenoxy) is 1. The average Bonchev–Trinajstić information content (AvgIpc) is 2.77. The standard InChI is InChI=1S/C13H15F2N3OS/c1-13(2,3)16-7-11-17-18-12(20-11)19-10-5-4-8(14)6-9(10)15/h4-6,16H,7H2,1-3H3. The van der Waals surface area contributed by atoms with Crippen molar-refractivity contribution >= 4 is 11.3 Å². The first kappa shape index (κ1) is 14.8. The molecule has 0 fully saturated rings. The lowest BCUT2D eigenvalue weighted by Crippen LogP contribution is -2.35. The molecule has 0 radical (unpaired) electrons. The van der Waals surface area contributed by atoms with E-state index in [0.717, 1.165) is 17.1 Å². The minimum absolute atomic E-state index is 0.0320. The van der Waals surface area contributed by atoms with E-state index in [1.54, 1.807) is 0 Å². The summed E-state index contributed by atoms with van der Waals surface area (Å²) in [6, 6.07) is 3.11. The van der Waals surface area contributed by atoms with Crippen molar-refractivity contribution in [2.45, 2.75) is 32.9 Å². The Morgan fingerprint density at radius 2 is 2.00 bits per heavy atom. The molecule has 4 nitrogen and oxygen atoms in total. The second-order valence-electron chi connectivity index (χ2n) is 5.24. The summed E-state index contributed by atoms with van der Waals surface area (Å²) >= 11 is 1.21. The predicted octanol–water partition coefficient (Wildman–Crippen LogP) is 3.50. The Labute approximate surface area is 119 Å². The van der Waals surface area contributed by atoms with E-state index in [2.05, 4.69) is 15.5 Å². The van der Waals surface area contributed by atoms with Crippen LogP contribution in [0.25, 0.3) is 0 Å². The van der Waals surface area contributed by atoms with E-state index in [0.29, 0.717) is 6.54 Å². The highest BCUT2D eigenvalue weighted by molar-refractivity contribution is 7.13. The zero-order valence-electron chi connectivity index (χ0n) is 11.4. The van der Waals surface area contributed by atoms with Crippen LogP contribution in [0.4, 0.5) is 8.78 Å². The third-order valence-corrected chi connectivity index (χ3v) is 3.11. The van der Waals surface area contributed by atoms with Crippen molar-refractivity contribution in [1.82, 2.24) is 15.5 Å². The fraction of sp³-hybridized carbons (Fsp3) is 0.385. The molecule has 2 rings (SSSR count). The second kappa shape index (κ2) is 5.80. The fourth-order valence-corrected chi connectivity index (χ4v) is 1.98. The monoisotopic (exact) mass is 299 g/mol. The predicted molar refractivity (Wildman–Crippen MR) is 72.9 cm³/mol. The summed E-state index contributed by atoms with van der Waals surface area (Å²) < 4.78 is 31.5. The third kappa shape index (κ3) is 4.21. The van der Waals surface area contributed by atoms with E-state index < -0.39 is 11.6 Å². The van der Waals surface area contributed by atoms with Crippen LogP contribution in [0.5, 0.6) is 10.9 Å². The van der Waals surface area contributed by atoms with Crippen LogP contribution >= 0.6 is 11.3 Å². The van der Waals surface area contributed by atoms with Gasteiger partial charge in [0, 0.05) is 11.6 Å². The van der Waals surface area contributed by atoms with Crippen molar-refractivity contribution in [1.29, 1.82) is 0 Å². The van der Waals surface area contributed by atoms with Gasteiger partial charge in [0.2, 0.25) is 0 Å². The molecule has 1 aromatic carbocycles. The van der Waals surface area contributed by atoms with Gasteiger partial charge in [-0.15, -0.1) is 5.10 Å². The fourth-order valence-electron chi connectivity index (χ4n) is 1.34. The van der Waals surface area contributed by atoms with Crippen molar-refractivity contribution in [3.05, 3.63) is 34.8 Å². The first-order valence-electron chi connectivity index (χ1n) is 6.04. The molecule has 7 heteroatoms. The second-order valence-corrected chi connectivity index (χ2v) is 6.27. The minimum Gasteiger partial charge on any atom is -0.427 e. The van der Waals surface area contributed by atoms with Crippen molar-refractivity contribution in [2.24, 2.45) is 0 Å². The molecule has 20 heavy (non-hydrogen) atoms. The number of aromatic nitrogens is 2. The van der Waals surface area contributed by atoms with E-state index in [4.69, 9.17) is 4.74 Å². The van der Waals surface area contributed by atoms with E-state index in [-0.39, 0.29) is 16.5 Å². The van der Waals surface area contributed by atoms with Gasteiger partial charge in [0.25, 0.3) is 5.19 Å². The number of nitrogens with one attached hydrogen (secondary N) is 1. The lowest BCUT2D eigenvalue weighted by Gasteiger charge is -2.19. The van der Waals surface area contributed by atoms with Crippen LogP contribution in [0.1, 0.15) is 25.8 Å². The van der Waals surface area contributed by atoms with Crippen LogP contribution < -0.4 is 10.1 Å². The zero-order valence-corrected chi connectivity index (χ0v) is 12.2. The van der Waals surface area contributed by atoms with Crippen LogP contribution in [0.2, 0.25) is 0 Å². The summed E-state index contributed by atoms with van der Waals surface area (Å²) in [6.45, 7) is 6.68. The molecule has 2 aromatic rings. The molecule has 0 aliphatic heterocycles. The van der Waals surface area contributed by atoms with E-state index >= 15 is 0 Å². The minimum atomic E-state index is -0.769. The maximum Gasteiger partial charge on any atom is 0.299 e. The molecule has 0 unspecified atom stereocenters. The maximum absolute atomic E-state index is 13.4. The van der Waals surface area contributed by atoms with E-state index in [1.807, 2.05) is 20.8 Å². The average molecular weight is 299 g/mol. The van der Waals surface area contributed by atoms with E-state index in [9.17, 15) is 8.78 Å². The molecule has 0 spiro atoms. The third-order valence-electron chi connectivity index (χ3n) is 2.31. The quantitative estimate of drug-likeness (QED) is 0.938. The largest absolute Gasteiger partial charge is 0.427 e. The summed E-state index contributed by atoms with van der Waals surface area (Å²) in [5, 5.41) is 12.0. The Kier molecular flexibility index (Phi) is 4.29. The number of hydrogen-bond donors (Lipinski definition) is 1. The van der Waals surface area contributed by atoms with Crippen LogP contribution in [0.15, 0.2) is 18.2 Å². The molecule has 0 saturated carbocycles. The Hall–Kier alpha value is -1.60. The summed E-state index contributed by atoms with van der Waals surface area (Å²) in [5.74, 6) is -1.49. The molecule has 0 bridgehead atoms. The number of nitrogens with zero attached hydrogens (tertiary/aromatic N) is 2. The van der Waals surface area contributed by atoms with Crippen LogP contribution in [0, 0.1) is 11.6 Å². The highest BCUT2D eigenvalue weighted by atomic mass is 32.1. The van der Waals surface area contributed by atoms with Crippen molar-refractivity contribution < 1.29 is 13.5 Å². The maximum atomic E-state index is 13.4. The Morgan fingerprint density at radius 3 is 2.65 bits per heavy atom. The smallest absolute Gasteiger partial charge is 0.299 e. The number of benzene rings is 1. The molecule has 0 atom stereocenters. The lowest BCUT2D eigenvalue weighted by molar-refractivity contribution is 0.421. The lowest BCUT2D eigenvalue weighted by atomic mass is 10.1. The molecule has 0 saturated heterocycles. The van der Waals surface area contributed by atoms with Crippen molar-refractivity contribution in [3.8, 4) is 10.9 Å². The highest BCUT2D eigenvalue weighted by Crippen LogP contribution is 2.27. The number of rotatable bonds is 4. The van der Waals surface area contributed by atoms with Gasteiger partial charge in [0.05, 0.1) is 6.54 Å². The van der Waals surface area contributed by atoms with Gasteiger partial charge in [-0.25, -0.2) is 8.78 Å². The molecule has 108 valence electrons. The molecule has 1 N–H and O–H groups in total. The SMILES string of the molecule is CC(C)(C)NCc1nnc(Oc2ccc(F)cc2F)s1. The Morgan fingerprint density at radius 1 is 1.25 bits per heavy atom. The van der Waals surface area contributed by atoms with Crippen LogP contribution in [-0.4, -0.2) is 15.7 Å². The summed E-state index contributed by atoms with van der Waals surface area (Å²) in [4.78, 5) is 0. The molecule has 1 aromatic heterocycles. The van der Waals surface area contributed by atoms with Gasteiger partial charge in [-0.3, -0.25) is 0 Å². The first-order chi connectivity index (χ1) is 9.33. The summed E-state index contributed by atoms with van der Waals surface area (Å²) in [5.41, 5.74) is -0.0320. The summed E-state index contributed by atoms with van der Waals surface area (Å²) in [6.07, 6.45) is 0. The van der Waals surface area contributed by atoms with Gasteiger partial charge in [0.1, 0.15) is 10.8 Å². The van der Waals surface area contributed by atoms with E-state index in [1.165, 1.54) is 17.4 Å². The topological polar surface area (TPSA) is 47.0 Å². The van der Waals surface area contributed by atoms with Gasteiger partial charge in [-0.2, -0.15) is 0 Å². The molecule has 1 heterocycles. The van der Waals surface area contributed by atoms with Crippen LogP contribution in [-0.2, 0) is 6.54 Å². The van der Waals surface area contributed by atoms with Crippen molar-refractivity contribution in [3.63, 3.8) is 0 Å². The van der Waals surface area contributed by atoms with Gasteiger partial charge >= 0.3 is 0 Å². The van der Waals surface area contributed by atoms with Crippen LogP contribution in [0.3, 0.4) is 0 Å². The number of hydrogen-bond acceptors (Lipinski definition) is 5. The Bertz CT molecular complexity index is 596. The van der Waals surface area contributed by atoms with Gasteiger partial charge in [0.15, 0.2) is 11.6 Å². The normalized spacial score (nSPS) is 11.7. The molecular formula is C13H15F2N3OS. The Balaban J connectivity index is 2.02. The van der Waals surface area contributed by atoms with Crippen molar-refractivity contribution in [2.75, 3.05) is 0 Å². The first-order valence-corrected chi connectivity index (χ1v) is 6.85. The molecular weight excluding hydrogens is 284 g/mol. The molecule has 0 amide bonds. The van der Waals surface area contributed by atoms with Gasteiger partial charge in [-0.05, 0) is 32.9 Å². The zero-order chi connectivity index (χ0) is 14.8. The van der Waals surface area contributed by atoms with Gasteiger partial charge in [-0.1, -0.05) is 16.4 Å². The molecule has 0 aliphatic carbocycles. The number of halogens is 2. The molecule has 0 aliphatic rings. The highest BCUT2D eigenvalue weighted by Gasteiger charge is 2.13. The summed E-state index contributed by atoms with van der Waals surface area (Å²) in [7, 11) is 0.